The Bertz CT molecular complexity index is 2510. The van der Waals surface area contributed by atoms with Crippen molar-refractivity contribution in [1.82, 2.24) is 19.1 Å². The first-order chi connectivity index (χ1) is 22.9. The number of rotatable bonds is 4. The van der Waals surface area contributed by atoms with Crippen molar-refractivity contribution in [2.45, 2.75) is 35.2 Å². The zero-order valence-corrected chi connectivity index (χ0v) is 27.1. The van der Waals surface area contributed by atoms with Crippen LogP contribution in [0.3, 0.4) is 0 Å². The minimum absolute atomic E-state index is 0.171. The Morgan fingerprint density at radius 1 is 0.681 bits per heavy atom. The Morgan fingerprint density at radius 2 is 1.47 bits per heavy atom. The van der Waals surface area contributed by atoms with E-state index in [0.717, 1.165) is 50.0 Å². The third-order valence-corrected chi connectivity index (χ3v) is 10.9. The van der Waals surface area contributed by atoms with Gasteiger partial charge in [-0.2, -0.15) is 0 Å². The molecule has 1 unspecified atom stereocenters. The quantitative estimate of drug-likeness (QED) is 0.194. The van der Waals surface area contributed by atoms with Crippen LogP contribution in [-0.4, -0.2) is 19.1 Å². The molecule has 0 spiro atoms. The van der Waals surface area contributed by atoms with Crippen molar-refractivity contribution in [1.29, 1.82) is 0 Å². The molecule has 47 heavy (non-hydrogen) atoms. The Labute approximate surface area is 276 Å². The molecule has 4 nitrogen and oxygen atoms in total. The third-order valence-electron chi connectivity index (χ3n) is 9.74. The molecule has 6 heteroatoms. The molecule has 0 amide bonds. The van der Waals surface area contributed by atoms with E-state index in [-0.39, 0.29) is 5.41 Å². The topological polar surface area (TPSA) is 35.6 Å². The fourth-order valence-electron chi connectivity index (χ4n) is 7.29. The smallest absolute Gasteiger partial charge is 0.150 e. The summed E-state index contributed by atoms with van der Waals surface area (Å²) in [5.74, 6) is 1.63. The fraction of sp³-hybridized carbons (Fsp3) is 0.122. The lowest BCUT2D eigenvalue weighted by Crippen LogP contribution is -2.23. The van der Waals surface area contributed by atoms with Crippen LogP contribution in [0.2, 0.25) is 0 Å². The van der Waals surface area contributed by atoms with Gasteiger partial charge in [-0.1, -0.05) is 92.3 Å². The van der Waals surface area contributed by atoms with Crippen molar-refractivity contribution in [2.24, 2.45) is 7.05 Å². The summed E-state index contributed by atoms with van der Waals surface area (Å²) in [7, 11) is 2.00. The Kier molecular flexibility index (Phi) is 6.21. The summed E-state index contributed by atoms with van der Waals surface area (Å²) in [6.45, 7) is 4.61. The van der Waals surface area contributed by atoms with Crippen LogP contribution in [0.1, 0.15) is 42.3 Å². The van der Waals surface area contributed by atoms with Gasteiger partial charge in [0.25, 0.3) is 0 Å². The van der Waals surface area contributed by atoms with Crippen molar-refractivity contribution in [3.63, 3.8) is 0 Å². The number of fused-ring (bicyclic) bond motifs is 6. The zero-order chi connectivity index (χ0) is 31.9. The second kappa shape index (κ2) is 10.4. The van der Waals surface area contributed by atoms with E-state index in [1.165, 1.54) is 20.9 Å². The predicted octanol–water partition coefficient (Wildman–Crippen LogP) is 10.6. The van der Waals surface area contributed by atoms with Gasteiger partial charge in [0.05, 0.1) is 22.1 Å². The highest BCUT2D eigenvalue weighted by atomic mass is 32.2. The first-order valence-corrected chi connectivity index (χ1v) is 16.7. The van der Waals surface area contributed by atoms with E-state index in [1.54, 1.807) is 0 Å². The van der Waals surface area contributed by atoms with E-state index in [4.69, 9.17) is 9.97 Å². The van der Waals surface area contributed by atoms with E-state index >= 15 is 4.39 Å². The Hall–Kier alpha value is -5.20. The summed E-state index contributed by atoms with van der Waals surface area (Å²) in [6.07, 6.45) is 0.497. The first-order valence-electron chi connectivity index (χ1n) is 15.9. The standard InChI is InChI=1S/C41H31FN4S/c1-41(2)30-13-4-7-16-36(30)47-37-23-29-28-19-18-26(22-34(28)46(35(29)24-31(37)41)38-17-8-9-20-43-38)39(42)25-11-10-12-27(21-25)40-44-32-14-5-6-15-33(32)45(40)3/h4-24,39H,1-3H3. The number of hydrogen-bond donors (Lipinski definition) is 0. The number of aryl methyl sites for hydroxylation is 1. The fourth-order valence-corrected chi connectivity index (χ4v) is 8.71. The normalized spacial score (nSPS) is 14.4. The molecule has 5 aromatic carbocycles. The van der Waals surface area contributed by atoms with E-state index in [9.17, 15) is 0 Å². The molecule has 0 radical (unpaired) electrons. The van der Waals surface area contributed by atoms with Crippen LogP contribution in [0, 0.1) is 0 Å². The van der Waals surface area contributed by atoms with E-state index < -0.39 is 6.17 Å². The van der Waals surface area contributed by atoms with Crippen molar-refractivity contribution in [3.8, 4) is 17.2 Å². The average Bonchev–Trinajstić information content (AvgIpc) is 3.61. The van der Waals surface area contributed by atoms with Crippen LogP contribution >= 0.6 is 11.8 Å². The first kappa shape index (κ1) is 28.1. The van der Waals surface area contributed by atoms with Gasteiger partial charge >= 0.3 is 0 Å². The molecule has 0 saturated carbocycles. The van der Waals surface area contributed by atoms with Gasteiger partial charge in [-0.15, -0.1) is 0 Å². The highest BCUT2D eigenvalue weighted by Crippen LogP contribution is 2.51. The van der Waals surface area contributed by atoms with Gasteiger partial charge in [-0.3, -0.25) is 4.57 Å². The van der Waals surface area contributed by atoms with E-state index in [1.807, 2.05) is 97.8 Å². The molecule has 0 saturated heterocycles. The van der Waals surface area contributed by atoms with Crippen LogP contribution in [-0.2, 0) is 12.5 Å². The lowest BCUT2D eigenvalue weighted by molar-refractivity contribution is 0.402. The number of aromatic nitrogens is 4. The maximum atomic E-state index is 16.6. The number of para-hydroxylation sites is 2. The molecule has 0 fully saturated rings. The highest BCUT2D eigenvalue weighted by Gasteiger charge is 2.34. The van der Waals surface area contributed by atoms with Gasteiger partial charge in [0.1, 0.15) is 11.6 Å². The molecule has 4 heterocycles. The minimum atomic E-state index is -1.32. The molecule has 228 valence electrons. The number of nitrogens with zero attached hydrogens (tertiary/aromatic N) is 4. The number of halogens is 1. The molecule has 0 bridgehead atoms. The van der Waals surface area contributed by atoms with Crippen LogP contribution in [0.4, 0.5) is 4.39 Å². The maximum absolute atomic E-state index is 16.6. The summed E-state index contributed by atoms with van der Waals surface area (Å²) in [4.78, 5) is 12.2. The van der Waals surface area contributed by atoms with Crippen molar-refractivity contribution >= 4 is 44.6 Å². The number of benzene rings is 5. The molecular formula is C41H31FN4S. The lowest BCUT2D eigenvalue weighted by Gasteiger charge is -2.34. The SMILES string of the molecule is Cn1c(-c2cccc(C(F)c3ccc4c5cc6c(cc5n(-c5ccccn5)c4c3)C(C)(C)c3ccccc3S6)c2)nc2ccccc21. The summed E-state index contributed by atoms with van der Waals surface area (Å²) < 4.78 is 20.9. The second-order valence-electron chi connectivity index (χ2n) is 12.9. The van der Waals surface area contributed by atoms with Crippen molar-refractivity contribution in [2.75, 3.05) is 0 Å². The molecule has 0 N–H and O–H groups in total. The van der Waals surface area contributed by atoms with E-state index in [0.29, 0.717) is 11.1 Å². The molecule has 9 rings (SSSR count). The van der Waals surface area contributed by atoms with E-state index in [2.05, 4.69) is 71.5 Å². The van der Waals surface area contributed by atoms with Crippen molar-refractivity contribution in [3.05, 3.63) is 150 Å². The summed E-state index contributed by atoms with van der Waals surface area (Å²) in [5, 5.41) is 2.22. The highest BCUT2D eigenvalue weighted by molar-refractivity contribution is 7.99. The summed E-state index contributed by atoms with van der Waals surface area (Å²) in [6, 6.07) is 41.1. The molecule has 8 aromatic rings. The number of imidazole rings is 1. The number of alkyl halides is 1. The molecule has 0 aliphatic carbocycles. The molecule has 1 aliphatic rings. The zero-order valence-electron chi connectivity index (χ0n) is 26.3. The van der Waals surface area contributed by atoms with Crippen LogP contribution in [0.15, 0.2) is 137 Å². The Balaban J connectivity index is 1.20. The molecular weight excluding hydrogens is 600 g/mol. The lowest BCUT2D eigenvalue weighted by atomic mass is 9.77. The van der Waals surface area contributed by atoms with Crippen LogP contribution in [0.5, 0.6) is 0 Å². The maximum Gasteiger partial charge on any atom is 0.150 e. The average molecular weight is 631 g/mol. The molecule has 1 aliphatic heterocycles. The third kappa shape index (κ3) is 4.28. The van der Waals surface area contributed by atoms with Gasteiger partial charge in [-0.05, 0) is 76.9 Å². The predicted molar refractivity (Wildman–Crippen MR) is 190 cm³/mol. The summed E-state index contributed by atoms with van der Waals surface area (Å²) in [5.41, 5.74) is 8.52. The number of hydrogen-bond acceptors (Lipinski definition) is 3. The van der Waals surface area contributed by atoms with Gasteiger partial charge in [-0.25, -0.2) is 14.4 Å². The van der Waals surface area contributed by atoms with Crippen LogP contribution in [0.25, 0.3) is 50.0 Å². The molecule has 3 aromatic heterocycles. The minimum Gasteiger partial charge on any atom is -0.327 e. The monoisotopic (exact) mass is 630 g/mol. The van der Waals surface area contributed by atoms with Crippen molar-refractivity contribution < 1.29 is 4.39 Å². The largest absolute Gasteiger partial charge is 0.327 e. The Morgan fingerprint density at radius 3 is 2.32 bits per heavy atom. The van der Waals surface area contributed by atoms with Gasteiger partial charge in [0, 0.05) is 44.8 Å². The molecule has 1 atom stereocenters. The van der Waals surface area contributed by atoms with Gasteiger partial charge in [0.15, 0.2) is 6.17 Å². The van der Waals surface area contributed by atoms with Gasteiger partial charge in [0.2, 0.25) is 0 Å². The van der Waals surface area contributed by atoms with Gasteiger partial charge < -0.3 is 4.57 Å². The summed E-state index contributed by atoms with van der Waals surface area (Å²) >= 11 is 1.83. The second-order valence-corrected chi connectivity index (χ2v) is 13.9. The van der Waals surface area contributed by atoms with Crippen LogP contribution < -0.4 is 0 Å². The number of pyridine rings is 1.